The van der Waals surface area contributed by atoms with Crippen LogP contribution in [0, 0.1) is 5.92 Å². The van der Waals surface area contributed by atoms with Gasteiger partial charge >= 0.3 is 0 Å². The molecule has 0 aliphatic carbocycles. The molecular weight excluding hydrogens is 212 g/mol. The van der Waals surface area contributed by atoms with Crippen LogP contribution in [0.3, 0.4) is 0 Å². The fraction of sp³-hybridized carbons (Fsp3) is 0.429. The Morgan fingerprint density at radius 2 is 2.06 bits per heavy atom. The number of benzene rings is 1. The molecule has 1 aromatic heterocycles. The number of para-hydroxylation sites is 1. The van der Waals surface area contributed by atoms with Crippen LogP contribution in [0.4, 0.5) is 0 Å². The van der Waals surface area contributed by atoms with E-state index in [0.717, 1.165) is 13.2 Å². The van der Waals surface area contributed by atoms with Crippen LogP contribution in [-0.2, 0) is 18.4 Å². The molecule has 0 amide bonds. The number of hydrogen-bond donors (Lipinski definition) is 1. The number of hydrogen-bond acceptors (Lipinski definition) is 2. The zero-order valence-electron chi connectivity index (χ0n) is 10.7. The van der Waals surface area contributed by atoms with E-state index in [0.29, 0.717) is 5.92 Å². The fourth-order valence-corrected chi connectivity index (χ4v) is 1.92. The molecule has 0 fully saturated rings. The van der Waals surface area contributed by atoms with Gasteiger partial charge in [-0.15, -0.1) is 0 Å². The topological polar surface area (TPSA) is 26.2 Å². The Balaban J connectivity index is 2.04. The van der Waals surface area contributed by atoms with E-state index in [1.54, 1.807) is 0 Å². The summed E-state index contributed by atoms with van der Waals surface area (Å²) in [5, 5.41) is 1.29. The second kappa shape index (κ2) is 5.34. The summed E-state index contributed by atoms with van der Waals surface area (Å²) >= 11 is 0. The van der Waals surface area contributed by atoms with Crippen molar-refractivity contribution >= 4 is 10.9 Å². The molecule has 0 saturated heterocycles. The van der Waals surface area contributed by atoms with E-state index in [9.17, 15) is 0 Å². The molecule has 0 aliphatic rings. The van der Waals surface area contributed by atoms with Gasteiger partial charge in [-0.3, -0.25) is 0 Å². The van der Waals surface area contributed by atoms with E-state index in [1.807, 2.05) is 0 Å². The minimum atomic E-state index is 0.551. The van der Waals surface area contributed by atoms with Gasteiger partial charge in [0.1, 0.15) is 0 Å². The first-order valence-electron chi connectivity index (χ1n) is 6.06. The standard InChI is InChI=1S/C14H20N2O/c1-11(2)10-17-15-8-12-9-16(3)14-7-5-4-6-13(12)14/h4-7,9,11,15H,8,10H2,1-3H3. The van der Waals surface area contributed by atoms with E-state index < -0.39 is 0 Å². The van der Waals surface area contributed by atoms with Gasteiger partial charge in [0.25, 0.3) is 0 Å². The molecule has 3 heteroatoms. The Hall–Kier alpha value is -1.32. The van der Waals surface area contributed by atoms with Crippen molar-refractivity contribution in [2.45, 2.75) is 20.4 Å². The second-order valence-electron chi connectivity index (χ2n) is 4.81. The molecule has 92 valence electrons. The summed E-state index contributed by atoms with van der Waals surface area (Å²) in [5.74, 6) is 0.551. The van der Waals surface area contributed by atoms with E-state index in [-0.39, 0.29) is 0 Å². The SMILES string of the molecule is CC(C)CONCc1cn(C)c2ccccc12. The van der Waals surface area contributed by atoms with Crippen LogP contribution in [0.2, 0.25) is 0 Å². The highest BCUT2D eigenvalue weighted by Crippen LogP contribution is 2.19. The molecule has 0 unspecified atom stereocenters. The number of nitrogens with zero attached hydrogens (tertiary/aromatic N) is 1. The lowest BCUT2D eigenvalue weighted by atomic mass is 10.2. The molecule has 0 bridgehead atoms. The first-order chi connectivity index (χ1) is 8.18. The minimum Gasteiger partial charge on any atom is -0.350 e. The van der Waals surface area contributed by atoms with Gasteiger partial charge in [-0.2, -0.15) is 5.48 Å². The van der Waals surface area contributed by atoms with Gasteiger partial charge in [0.05, 0.1) is 6.61 Å². The van der Waals surface area contributed by atoms with E-state index in [4.69, 9.17) is 4.84 Å². The molecule has 0 atom stereocenters. The monoisotopic (exact) mass is 232 g/mol. The van der Waals surface area contributed by atoms with Gasteiger partial charge in [0.15, 0.2) is 0 Å². The first kappa shape index (κ1) is 12.1. The summed E-state index contributed by atoms with van der Waals surface area (Å²) in [6.45, 7) is 5.76. The van der Waals surface area contributed by atoms with E-state index >= 15 is 0 Å². The van der Waals surface area contributed by atoms with Crippen molar-refractivity contribution in [1.82, 2.24) is 10.0 Å². The highest BCUT2D eigenvalue weighted by molar-refractivity contribution is 5.83. The molecule has 2 rings (SSSR count). The van der Waals surface area contributed by atoms with Crippen molar-refractivity contribution in [2.75, 3.05) is 6.61 Å². The summed E-state index contributed by atoms with van der Waals surface area (Å²) in [4.78, 5) is 5.40. The van der Waals surface area contributed by atoms with Crippen molar-refractivity contribution in [3.05, 3.63) is 36.0 Å². The lowest BCUT2D eigenvalue weighted by Crippen LogP contribution is -2.17. The van der Waals surface area contributed by atoms with Gasteiger partial charge in [0, 0.05) is 30.7 Å². The fourth-order valence-electron chi connectivity index (χ4n) is 1.92. The van der Waals surface area contributed by atoms with Crippen molar-refractivity contribution in [1.29, 1.82) is 0 Å². The molecule has 1 N–H and O–H groups in total. The Kier molecular flexibility index (Phi) is 3.82. The predicted molar refractivity (Wildman–Crippen MR) is 70.5 cm³/mol. The van der Waals surface area contributed by atoms with Gasteiger partial charge < -0.3 is 9.40 Å². The van der Waals surface area contributed by atoms with Crippen LogP contribution in [0.5, 0.6) is 0 Å². The molecule has 2 aromatic rings. The van der Waals surface area contributed by atoms with Crippen molar-refractivity contribution in [3.63, 3.8) is 0 Å². The summed E-state index contributed by atoms with van der Waals surface area (Å²) < 4.78 is 2.15. The summed E-state index contributed by atoms with van der Waals surface area (Å²) in [7, 11) is 2.07. The van der Waals surface area contributed by atoms with Crippen molar-refractivity contribution in [3.8, 4) is 0 Å². The Bertz CT molecular complexity index is 488. The highest BCUT2D eigenvalue weighted by atomic mass is 16.6. The zero-order chi connectivity index (χ0) is 12.3. The molecule has 0 spiro atoms. The van der Waals surface area contributed by atoms with Crippen molar-refractivity contribution < 1.29 is 4.84 Å². The molecular formula is C14H20N2O. The summed E-state index contributed by atoms with van der Waals surface area (Å²) in [6.07, 6.45) is 2.15. The molecule has 17 heavy (non-hydrogen) atoms. The largest absolute Gasteiger partial charge is 0.350 e. The molecule has 1 heterocycles. The number of aryl methyl sites for hydroxylation is 1. The summed E-state index contributed by atoms with van der Waals surface area (Å²) in [6, 6.07) is 8.41. The number of hydroxylamine groups is 1. The lowest BCUT2D eigenvalue weighted by Gasteiger charge is -2.07. The van der Waals surface area contributed by atoms with E-state index in [1.165, 1.54) is 16.5 Å². The van der Waals surface area contributed by atoms with Gasteiger partial charge in [-0.05, 0) is 17.5 Å². The third-order valence-electron chi connectivity index (χ3n) is 2.76. The quantitative estimate of drug-likeness (QED) is 0.633. The van der Waals surface area contributed by atoms with Crippen molar-refractivity contribution in [2.24, 2.45) is 13.0 Å². The average molecular weight is 232 g/mol. The normalized spacial score (nSPS) is 11.5. The zero-order valence-corrected chi connectivity index (χ0v) is 10.7. The number of fused-ring (bicyclic) bond motifs is 1. The molecule has 0 radical (unpaired) electrons. The van der Waals surface area contributed by atoms with Gasteiger partial charge in [0.2, 0.25) is 0 Å². The maximum Gasteiger partial charge on any atom is 0.0705 e. The second-order valence-corrected chi connectivity index (χ2v) is 4.81. The van der Waals surface area contributed by atoms with Crippen LogP contribution in [-0.4, -0.2) is 11.2 Å². The van der Waals surface area contributed by atoms with Gasteiger partial charge in [-0.25, -0.2) is 0 Å². The van der Waals surface area contributed by atoms with Gasteiger partial charge in [-0.1, -0.05) is 32.0 Å². The number of rotatable bonds is 5. The Morgan fingerprint density at radius 1 is 1.29 bits per heavy atom. The third kappa shape index (κ3) is 2.87. The predicted octanol–water partition coefficient (Wildman–Crippen LogP) is 2.86. The Labute approximate surface area is 102 Å². The molecule has 0 saturated carbocycles. The first-order valence-corrected chi connectivity index (χ1v) is 6.06. The van der Waals surface area contributed by atoms with Crippen LogP contribution < -0.4 is 5.48 Å². The molecule has 0 aliphatic heterocycles. The van der Waals surface area contributed by atoms with Crippen LogP contribution >= 0.6 is 0 Å². The minimum absolute atomic E-state index is 0.551. The van der Waals surface area contributed by atoms with E-state index in [2.05, 4.69) is 61.4 Å². The van der Waals surface area contributed by atoms with Crippen LogP contribution in [0.25, 0.3) is 10.9 Å². The summed E-state index contributed by atoms with van der Waals surface area (Å²) in [5.41, 5.74) is 5.55. The average Bonchev–Trinajstić information content (AvgIpc) is 2.63. The maximum absolute atomic E-state index is 5.40. The lowest BCUT2D eigenvalue weighted by molar-refractivity contribution is 0.0198. The number of nitrogens with one attached hydrogen (secondary N) is 1. The molecule has 3 nitrogen and oxygen atoms in total. The molecule has 1 aromatic carbocycles. The maximum atomic E-state index is 5.40. The Morgan fingerprint density at radius 3 is 2.82 bits per heavy atom. The van der Waals surface area contributed by atoms with Crippen LogP contribution in [0.15, 0.2) is 30.5 Å². The third-order valence-corrected chi connectivity index (χ3v) is 2.76. The van der Waals surface area contributed by atoms with Crippen LogP contribution in [0.1, 0.15) is 19.4 Å². The smallest absolute Gasteiger partial charge is 0.0705 e. The highest BCUT2D eigenvalue weighted by Gasteiger charge is 2.05. The number of aromatic nitrogens is 1.